The highest BCUT2D eigenvalue weighted by atomic mass is 19.3. The minimum atomic E-state index is -2.75. The van der Waals surface area contributed by atoms with Gasteiger partial charge in [0.05, 0.1) is 5.56 Å². The number of hydrogen-bond acceptors (Lipinski definition) is 5. The summed E-state index contributed by atoms with van der Waals surface area (Å²) >= 11 is 0. The Bertz CT molecular complexity index is 1210. The quantitative estimate of drug-likeness (QED) is 0.0786. The summed E-state index contributed by atoms with van der Waals surface area (Å²) in [6, 6.07) is 15.7. The van der Waals surface area contributed by atoms with Gasteiger partial charge in [-0.2, -0.15) is 0 Å². The Morgan fingerprint density at radius 3 is 2.02 bits per heavy atom. The first-order chi connectivity index (χ1) is 21.9. The summed E-state index contributed by atoms with van der Waals surface area (Å²) in [6.07, 6.45) is 14.2. The van der Waals surface area contributed by atoms with Gasteiger partial charge in [0.15, 0.2) is 11.7 Å². The summed E-state index contributed by atoms with van der Waals surface area (Å²) in [5, 5.41) is 0. The van der Waals surface area contributed by atoms with Crippen LogP contribution in [0, 0.1) is 0 Å². The van der Waals surface area contributed by atoms with E-state index in [1.54, 1.807) is 6.08 Å². The van der Waals surface area contributed by atoms with Crippen LogP contribution in [0.5, 0.6) is 5.75 Å². The minimum Gasteiger partial charge on any atom is -0.453 e. The van der Waals surface area contributed by atoms with Crippen LogP contribution in [0.4, 0.5) is 8.78 Å². The highest BCUT2D eigenvalue weighted by molar-refractivity contribution is 5.90. The van der Waals surface area contributed by atoms with Crippen LogP contribution in [0.25, 0.3) is 5.57 Å². The highest BCUT2D eigenvalue weighted by Crippen LogP contribution is 2.32. The maximum atomic E-state index is 13.6. The maximum Gasteiger partial charge on any atom is 0.348 e. The van der Waals surface area contributed by atoms with Gasteiger partial charge in [0, 0.05) is 13.0 Å². The number of alkyl halides is 2. The Morgan fingerprint density at radius 2 is 1.42 bits per heavy atom. The second-order valence-electron chi connectivity index (χ2n) is 11.8. The van der Waals surface area contributed by atoms with Gasteiger partial charge in [-0.1, -0.05) is 121 Å². The molecule has 1 aliphatic rings. The molecule has 0 heterocycles. The molecule has 3 rings (SSSR count). The van der Waals surface area contributed by atoms with E-state index in [-0.39, 0.29) is 17.7 Å². The van der Waals surface area contributed by atoms with Crippen LogP contribution in [0.15, 0.2) is 72.8 Å². The number of unbranched alkanes of at least 4 members (excludes halogenated alkanes) is 10. The van der Waals surface area contributed by atoms with E-state index >= 15 is 0 Å². The van der Waals surface area contributed by atoms with Gasteiger partial charge in [0.25, 0.3) is 6.43 Å². The monoisotopic (exact) mass is 624 g/mol. The Morgan fingerprint density at radius 1 is 0.800 bits per heavy atom. The molecule has 0 saturated carbocycles. The van der Waals surface area contributed by atoms with Crippen LogP contribution in [0.1, 0.15) is 120 Å². The van der Waals surface area contributed by atoms with Crippen molar-refractivity contribution < 1.29 is 32.6 Å². The zero-order valence-electron chi connectivity index (χ0n) is 27.0. The van der Waals surface area contributed by atoms with Gasteiger partial charge in [0.1, 0.15) is 5.75 Å². The fourth-order valence-corrected chi connectivity index (χ4v) is 5.34. The SMILES string of the molecule is CCCCCCCCOC1(C(=O)Oc2ccc(C(=O)OC(CCCCCCCC)C(F)F)cc2)C=CC(c2ccccc2)=CC1. The summed E-state index contributed by atoms with van der Waals surface area (Å²) in [5.41, 5.74) is 0.893. The first-order valence-electron chi connectivity index (χ1n) is 16.8. The number of allylic oxidation sites excluding steroid dienone is 2. The number of hydrogen-bond donors (Lipinski definition) is 0. The summed E-state index contributed by atoms with van der Waals surface area (Å²) in [6.45, 7) is 4.73. The minimum absolute atomic E-state index is 0.116. The van der Waals surface area contributed by atoms with Crippen molar-refractivity contribution in [1.29, 1.82) is 0 Å². The summed E-state index contributed by atoms with van der Waals surface area (Å²) in [7, 11) is 0. The molecule has 2 aromatic carbocycles. The van der Waals surface area contributed by atoms with E-state index in [2.05, 4.69) is 13.8 Å². The van der Waals surface area contributed by atoms with Crippen LogP contribution < -0.4 is 4.74 Å². The number of benzene rings is 2. The smallest absolute Gasteiger partial charge is 0.348 e. The fraction of sp³-hybridized carbons (Fsp3) is 0.526. The van der Waals surface area contributed by atoms with Gasteiger partial charge >= 0.3 is 11.9 Å². The molecule has 0 radical (unpaired) electrons. The zero-order valence-corrected chi connectivity index (χ0v) is 27.0. The molecule has 5 nitrogen and oxygen atoms in total. The van der Waals surface area contributed by atoms with E-state index in [1.807, 2.05) is 42.5 Å². The second kappa shape index (κ2) is 19.9. The van der Waals surface area contributed by atoms with E-state index in [9.17, 15) is 18.4 Å². The van der Waals surface area contributed by atoms with Gasteiger partial charge in [-0.25, -0.2) is 18.4 Å². The predicted molar refractivity (Wildman–Crippen MR) is 176 cm³/mol. The number of esters is 2. The van der Waals surface area contributed by atoms with Crippen molar-refractivity contribution in [2.45, 2.75) is 122 Å². The third-order valence-corrected chi connectivity index (χ3v) is 8.15. The van der Waals surface area contributed by atoms with Gasteiger partial charge in [-0.05, 0) is 60.7 Å². The van der Waals surface area contributed by atoms with Gasteiger partial charge < -0.3 is 14.2 Å². The summed E-state index contributed by atoms with van der Waals surface area (Å²) in [5.74, 6) is -1.15. The van der Waals surface area contributed by atoms with E-state index < -0.39 is 30.1 Å². The molecule has 0 aromatic heterocycles. The summed E-state index contributed by atoms with van der Waals surface area (Å²) < 4.78 is 44.3. The molecule has 0 N–H and O–H groups in total. The first kappa shape index (κ1) is 36.2. The number of ether oxygens (including phenoxy) is 3. The van der Waals surface area contributed by atoms with Crippen molar-refractivity contribution in [2.24, 2.45) is 0 Å². The van der Waals surface area contributed by atoms with Crippen LogP contribution in [-0.2, 0) is 14.3 Å². The standard InChI is InChI=1S/C38H50F2O5/c1-3-5-7-9-11-16-20-34(35(39)40)45-36(41)32-21-23-33(24-22-32)44-37(42)38(43-29-17-12-10-8-6-4-2)27-25-31(26-28-38)30-18-14-13-15-19-30/h13-15,18-19,21-27,34-35H,3-12,16-17,20,28-29H2,1-2H3. The maximum absolute atomic E-state index is 13.6. The third-order valence-electron chi connectivity index (χ3n) is 8.15. The molecule has 0 aliphatic heterocycles. The molecule has 2 unspecified atom stereocenters. The van der Waals surface area contributed by atoms with Crippen molar-refractivity contribution >= 4 is 17.5 Å². The van der Waals surface area contributed by atoms with Gasteiger partial charge in [-0.15, -0.1) is 0 Å². The molecule has 7 heteroatoms. The zero-order chi connectivity index (χ0) is 32.3. The van der Waals surface area contributed by atoms with Crippen LogP contribution in [0.2, 0.25) is 0 Å². The van der Waals surface area contributed by atoms with Crippen molar-refractivity contribution in [3.05, 3.63) is 84.0 Å². The number of rotatable bonds is 21. The van der Waals surface area contributed by atoms with Crippen LogP contribution in [-0.4, -0.2) is 36.7 Å². The molecular formula is C38H50F2O5. The average molecular weight is 625 g/mol. The van der Waals surface area contributed by atoms with E-state index in [4.69, 9.17) is 14.2 Å². The molecule has 0 amide bonds. The topological polar surface area (TPSA) is 61.8 Å². The number of halogens is 2. The second-order valence-corrected chi connectivity index (χ2v) is 11.8. The van der Waals surface area contributed by atoms with Crippen LogP contribution >= 0.6 is 0 Å². The van der Waals surface area contributed by atoms with Crippen LogP contribution in [0.3, 0.4) is 0 Å². The third kappa shape index (κ3) is 12.2. The molecular weight excluding hydrogens is 574 g/mol. The molecule has 45 heavy (non-hydrogen) atoms. The van der Waals surface area contributed by atoms with Crippen molar-refractivity contribution in [3.63, 3.8) is 0 Å². The first-order valence-corrected chi connectivity index (χ1v) is 16.8. The van der Waals surface area contributed by atoms with E-state index in [0.29, 0.717) is 19.4 Å². The van der Waals surface area contributed by atoms with E-state index in [1.165, 1.54) is 43.5 Å². The Kier molecular flexibility index (Phi) is 16.0. The molecule has 0 bridgehead atoms. The molecule has 0 fully saturated rings. The lowest BCUT2D eigenvalue weighted by molar-refractivity contribution is -0.156. The Hall–Kier alpha value is -3.32. The molecule has 0 spiro atoms. The normalized spacial score (nSPS) is 16.8. The van der Waals surface area contributed by atoms with Crippen molar-refractivity contribution in [2.75, 3.05) is 6.61 Å². The Labute approximate surface area is 268 Å². The molecule has 246 valence electrons. The van der Waals surface area contributed by atoms with E-state index in [0.717, 1.165) is 62.5 Å². The number of carbonyl (C=O) groups is 2. The average Bonchev–Trinajstić information content (AvgIpc) is 3.06. The molecule has 2 atom stereocenters. The fourth-order valence-electron chi connectivity index (χ4n) is 5.34. The highest BCUT2D eigenvalue weighted by Gasteiger charge is 2.40. The lowest BCUT2D eigenvalue weighted by atomic mass is 9.89. The largest absolute Gasteiger partial charge is 0.453 e. The lowest BCUT2D eigenvalue weighted by Crippen LogP contribution is -2.43. The van der Waals surface area contributed by atoms with Crippen molar-refractivity contribution in [3.8, 4) is 5.75 Å². The Balaban J connectivity index is 1.60. The molecule has 2 aromatic rings. The molecule has 1 aliphatic carbocycles. The number of carbonyl (C=O) groups excluding carboxylic acids is 2. The lowest BCUT2D eigenvalue weighted by Gasteiger charge is -2.30. The summed E-state index contributed by atoms with van der Waals surface area (Å²) in [4.78, 5) is 26.2. The predicted octanol–water partition coefficient (Wildman–Crippen LogP) is 10.3. The molecule has 0 saturated heterocycles. The van der Waals surface area contributed by atoms with Gasteiger partial charge in [0.2, 0.25) is 0 Å². The van der Waals surface area contributed by atoms with Crippen molar-refractivity contribution in [1.82, 2.24) is 0 Å². The van der Waals surface area contributed by atoms with Gasteiger partial charge in [-0.3, -0.25) is 0 Å².